The summed E-state index contributed by atoms with van der Waals surface area (Å²) in [5.74, 6) is -0.159. The molecule has 192 valence electrons. The van der Waals surface area contributed by atoms with Gasteiger partial charge >= 0.3 is 18.4 Å². The average molecular weight is 506 g/mol. The molecule has 0 fully saturated rings. The molecule has 35 heavy (non-hydrogen) atoms. The monoisotopic (exact) mass is 506 g/mol. The maximum atomic E-state index is 13.2. The van der Waals surface area contributed by atoms with Gasteiger partial charge in [-0.2, -0.15) is 26.3 Å². The second-order valence-corrected chi connectivity index (χ2v) is 8.08. The number of phenolic OH excluding ortho intramolecular Hbond substituents is 1. The minimum atomic E-state index is -4.95. The molecule has 0 radical (unpaired) electrons. The molecule has 1 aliphatic rings. The van der Waals surface area contributed by atoms with Crippen LogP contribution in [0.5, 0.6) is 11.5 Å². The molecular formula is C23H24F6N2O4. The molecule has 2 atom stereocenters. The zero-order chi connectivity index (χ0) is 26.1. The maximum Gasteiger partial charge on any atom is 0.416 e. The Labute approximate surface area is 197 Å². The van der Waals surface area contributed by atoms with Gasteiger partial charge in [0.15, 0.2) is 11.5 Å². The number of fused-ring (bicyclic) bond motifs is 1. The average Bonchev–Trinajstić information content (AvgIpc) is 2.75. The number of hydrogen-bond donors (Lipinski definition) is 2. The van der Waals surface area contributed by atoms with E-state index >= 15 is 0 Å². The number of amides is 1. The summed E-state index contributed by atoms with van der Waals surface area (Å²) in [6.07, 6.45) is -10.3. The van der Waals surface area contributed by atoms with Crippen molar-refractivity contribution in [3.63, 3.8) is 0 Å². The molecule has 2 unspecified atom stereocenters. The van der Waals surface area contributed by atoms with Crippen molar-refractivity contribution in [3.05, 3.63) is 52.6 Å². The summed E-state index contributed by atoms with van der Waals surface area (Å²) in [4.78, 5) is 13.9. The van der Waals surface area contributed by atoms with Gasteiger partial charge in [-0.05, 0) is 55.7 Å². The van der Waals surface area contributed by atoms with Crippen molar-refractivity contribution in [3.8, 4) is 11.5 Å². The van der Waals surface area contributed by atoms with Crippen LogP contribution in [0, 0.1) is 0 Å². The first-order valence-electron chi connectivity index (χ1n) is 10.6. The molecule has 0 aromatic heterocycles. The summed E-state index contributed by atoms with van der Waals surface area (Å²) >= 11 is 0. The molecule has 6 nitrogen and oxygen atoms in total. The predicted molar refractivity (Wildman–Crippen MR) is 114 cm³/mol. The van der Waals surface area contributed by atoms with Gasteiger partial charge in [-0.1, -0.05) is 0 Å². The fourth-order valence-corrected chi connectivity index (χ4v) is 4.06. The number of nitrogens with zero attached hydrogens (tertiary/aromatic N) is 1. The standard InChI is InChI=1S/C23H24F6N2O4/c1-4-35-21(33)31-12(2)5-17(16-9-20(34-3)19(32)10-18(16)31)30-11-13-6-14(22(24,25)26)8-15(7-13)23(27,28)29/h6-10,12,17,30,32H,4-5,11H2,1-3H3. The van der Waals surface area contributed by atoms with E-state index < -0.39 is 41.7 Å². The van der Waals surface area contributed by atoms with Crippen LogP contribution >= 0.6 is 0 Å². The lowest BCUT2D eigenvalue weighted by atomic mass is 9.91. The molecule has 2 N–H and O–H groups in total. The Hall–Kier alpha value is -3.15. The summed E-state index contributed by atoms with van der Waals surface area (Å²) in [6.45, 7) is 3.14. The predicted octanol–water partition coefficient (Wildman–Crippen LogP) is 6.02. The zero-order valence-corrected chi connectivity index (χ0v) is 19.0. The number of ether oxygens (including phenoxy) is 2. The van der Waals surface area contributed by atoms with Crippen molar-refractivity contribution in [2.75, 3.05) is 18.6 Å². The molecule has 2 aromatic rings. The van der Waals surface area contributed by atoms with Gasteiger partial charge in [-0.15, -0.1) is 0 Å². The van der Waals surface area contributed by atoms with Gasteiger partial charge in [0.1, 0.15) is 0 Å². The normalized spacial score (nSPS) is 18.3. The van der Waals surface area contributed by atoms with Crippen molar-refractivity contribution in [2.24, 2.45) is 0 Å². The van der Waals surface area contributed by atoms with E-state index in [1.54, 1.807) is 13.8 Å². The molecule has 1 amide bonds. The van der Waals surface area contributed by atoms with E-state index in [-0.39, 0.29) is 48.4 Å². The number of phenols is 1. The maximum absolute atomic E-state index is 13.2. The van der Waals surface area contributed by atoms with Crippen LogP contribution in [0.4, 0.5) is 36.8 Å². The third kappa shape index (κ3) is 5.75. The highest BCUT2D eigenvalue weighted by Crippen LogP contribution is 2.44. The number of carbonyl (C=O) groups excluding carboxylic acids is 1. The van der Waals surface area contributed by atoms with Crippen molar-refractivity contribution in [1.29, 1.82) is 0 Å². The number of benzene rings is 2. The molecule has 12 heteroatoms. The van der Waals surface area contributed by atoms with Gasteiger partial charge in [0.2, 0.25) is 0 Å². The second kappa shape index (κ2) is 9.84. The highest BCUT2D eigenvalue weighted by Gasteiger charge is 2.38. The van der Waals surface area contributed by atoms with Crippen LogP contribution in [0.25, 0.3) is 0 Å². The third-order valence-electron chi connectivity index (χ3n) is 5.65. The van der Waals surface area contributed by atoms with Crippen molar-refractivity contribution >= 4 is 11.8 Å². The summed E-state index contributed by atoms with van der Waals surface area (Å²) in [5, 5.41) is 13.2. The van der Waals surface area contributed by atoms with Crippen LogP contribution in [-0.2, 0) is 23.6 Å². The number of alkyl halides is 6. The molecule has 1 aliphatic heterocycles. The van der Waals surface area contributed by atoms with Crippen LogP contribution in [0.15, 0.2) is 30.3 Å². The first-order chi connectivity index (χ1) is 16.3. The third-order valence-corrected chi connectivity index (χ3v) is 5.65. The summed E-state index contributed by atoms with van der Waals surface area (Å²) in [7, 11) is 1.32. The highest BCUT2D eigenvalue weighted by atomic mass is 19.4. The van der Waals surface area contributed by atoms with E-state index in [1.807, 2.05) is 0 Å². The van der Waals surface area contributed by atoms with Crippen LogP contribution < -0.4 is 15.0 Å². The number of anilines is 1. The fraction of sp³-hybridized carbons (Fsp3) is 0.435. The van der Waals surface area contributed by atoms with E-state index in [0.717, 1.165) is 0 Å². The Balaban J connectivity index is 1.98. The van der Waals surface area contributed by atoms with Crippen molar-refractivity contribution < 1.29 is 45.7 Å². The van der Waals surface area contributed by atoms with Gasteiger partial charge in [0, 0.05) is 24.7 Å². The molecule has 3 rings (SSSR count). The molecule has 0 spiro atoms. The lowest BCUT2D eigenvalue weighted by Gasteiger charge is -2.39. The number of aromatic hydroxyl groups is 1. The fourth-order valence-electron chi connectivity index (χ4n) is 4.06. The van der Waals surface area contributed by atoms with Gasteiger partial charge in [-0.25, -0.2) is 4.79 Å². The summed E-state index contributed by atoms with van der Waals surface area (Å²) in [5.41, 5.74) is -2.25. The number of carbonyl (C=O) groups is 1. The molecule has 0 bridgehead atoms. The quantitative estimate of drug-likeness (QED) is 0.485. The van der Waals surface area contributed by atoms with Gasteiger partial charge in [0.25, 0.3) is 0 Å². The van der Waals surface area contributed by atoms with Gasteiger partial charge in [-0.3, -0.25) is 4.90 Å². The Kier molecular flexibility index (Phi) is 7.44. The summed E-state index contributed by atoms with van der Waals surface area (Å²) in [6, 6.07) is 3.14. The molecular weight excluding hydrogens is 482 g/mol. The second-order valence-electron chi connectivity index (χ2n) is 8.08. The Morgan fingerprint density at radius 2 is 1.69 bits per heavy atom. The lowest BCUT2D eigenvalue weighted by molar-refractivity contribution is -0.143. The van der Waals surface area contributed by atoms with Crippen LogP contribution in [0.3, 0.4) is 0 Å². The van der Waals surface area contributed by atoms with Crippen LogP contribution in [-0.4, -0.2) is 31.0 Å². The first-order valence-corrected chi connectivity index (χ1v) is 10.6. The topological polar surface area (TPSA) is 71.0 Å². The SMILES string of the molecule is CCOC(=O)N1c2cc(O)c(OC)cc2C(NCc2cc(C(F)(F)F)cc(C(F)(F)F)c2)CC1C. The Bertz CT molecular complexity index is 1050. The lowest BCUT2D eigenvalue weighted by Crippen LogP contribution is -2.45. The molecule has 0 aliphatic carbocycles. The summed E-state index contributed by atoms with van der Waals surface area (Å²) < 4.78 is 89.5. The largest absolute Gasteiger partial charge is 0.504 e. The minimum Gasteiger partial charge on any atom is -0.504 e. The van der Waals surface area contributed by atoms with Crippen molar-refractivity contribution in [1.82, 2.24) is 5.32 Å². The van der Waals surface area contributed by atoms with Gasteiger partial charge < -0.3 is 19.9 Å². The Morgan fingerprint density at radius 3 is 2.20 bits per heavy atom. The van der Waals surface area contributed by atoms with E-state index in [9.17, 15) is 36.2 Å². The Morgan fingerprint density at radius 1 is 1.09 bits per heavy atom. The van der Waals surface area contributed by atoms with Crippen LogP contribution in [0.1, 0.15) is 48.6 Å². The first kappa shape index (κ1) is 26.5. The van der Waals surface area contributed by atoms with E-state index in [1.165, 1.54) is 24.1 Å². The molecule has 2 aromatic carbocycles. The highest BCUT2D eigenvalue weighted by molar-refractivity contribution is 5.91. The van der Waals surface area contributed by atoms with Gasteiger partial charge in [0.05, 0.1) is 30.5 Å². The minimum absolute atomic E-state index is 0.0757. The van der Waals surface area contributed by atoms with Crippen LogP contribution in [0.2, 0.25) is 0 Å². The van der Waals surface area contributed by atoms with E-state index in [2.05, 4.69) is 5.32 Å². The molecule has 0 saturated carbocycles. The number of rotatable bonds is 5. The van der Waals surface area contributed by atoms with E-state index in [0.29, 0.717) is 17.7 Å². The number of nitrogens with one attached hydrogen (secondary N) is 1. The number of hydrogen-bond acceptors (Lipinski definition) is 5. The molecule has 1 heterocycles. The number of methoxy groups -OCH3 is 1. The zero-order valence-electron chi connectivity index (χ0n) is 19.0. The van der Waals surface area contributed by atoms with Crippen molar-refractivity contribution in [2.45, 2.75) is 51.2 Å². The molecule has 0 saturated heterocycles. The van der Waals surface area contributed by atoms with E-state index in [4.69, 9.17) is 9.47 Å². The smallest absolute Gasteiger partial charge is 0.416 e. The number of halogens is 6.